The SMILES string of the molecule is O=C(C(=O)c1ccc(Oc2ccc(C#Cc3ccccc3)cc2)cc1)c1ccc(Oc2ccc(C#Cc3ccccc3)cc2)cc1. The van der Waals surface area contributed by atoms with Gasteiger partial charge in [-0.1, -0.05) is 60.1 Å². The van der Waals surface area contributed by atoms with E-state index in [0.29, 0.717) is 23.0 Å². The van der Waals surface area contributed by atoms with Crippen LogP contribution in [-0.4, -0.2) is 11.6 Å². The van der Waals surface area contributed by atoms with E-state index in [9.17, 15) is 9.59 Å². The number of ether oxygens (including phenoxy) is 2. The number of benzene rings is 6. The third-order valence-corrected chi connectivity index (χ3v) is 6.87. The molecule has 0 bridgehead atoms. The van der Waals surface area contributed by atoms with Crippen LogP contribution in [0.25, 0.3) is 0 Å². The second-order valence-electron chi connectivity index (χ2n) is 10.2. The van der Waals surface area contributed by atoms with Crippen LogP contribution in [-0.2, 0) is 0 Å². The Labute approximate surface area is 267 Å². The van der Waals surface area contributed by atoms with Gasteiger partial charge in [-0.25, -0.2) is 0 Å². The summed E-state index contributed by atoms with van der Waals surface area (Å²) in [6.45, 7) is 0. The maximum Gasteiger partial charge on any atom is 0.233 e. The van der Waals surface area contributed by atoms with Gasteiger partial charge in [-0.3, -0.25) is 9.59 Å². The van der Waals surface area contributed by atoms with Crippen molar-refractivity contribution in [2.75, 3.05) is 0 Å². The predicted octanol–water partition coefficient (Wildman–Crippen LogP) is 9.14. The van der Waals surface area contributed by atoms with Crippen molar-refractivity contribution in [2.45, 2.75) is 0 Å². The Kier molecular flexibility index (Phi) is 9.11. The topological polar surface area (TPSA) is 52.6 Å². The minimum absolute atomic E-state index is 0.277. The Morgan fingerprint density at radius 1 is 0.326 bits per heavy atom. The van der Waals surface area contributed by atoms with Crippen LogP contribution in [0.5, 0.6) is 23.0 Å². The molecular formula is C42H26O4. The Bertz CT molecular complexity index is 1920. The molecule has 0 fully saturated rings. The van der Waals surface area contributed by atoms with E-state index >= 15 is 0 Å². The van der Waals surface area contributed by atoms with Gasteiger partial charge in [0.2, 0.25) is 11.6 Å². The zero-order valence-electron chi connectivity index (χ0n) is 24.6. The Morgan fingerprint density at radius 3 is 0.891 bits per heavy atom. The third-order valence-electron chi connectivity index (χ3n) is 6.87. The van der Waals surface area contributed by atoms with Gasteiger partial charge >= 0.3 is 0 Å². The molecule has 218 valence electrons. The molecule has 0 unspecified atom stereocenters. The average Bonchev–Trinajstić information content (AvgIpc) is 3.12. The molecule has 0 atom stereocenters. The van der Waals surface area contributed by atoms with Crippen LogP contribution in [0.15, 0.2) is 158 Å². The van der Waals surface area contributed by atoms with Crippen molar-refractivity contribution in [1.29, 1.82) is 0 Å². The first-order valence-corrected chi connectivity index (χ1v) is 14.6. The van der Waals surface area contributed by atoms with Crippen LogP contribution in [0.2, 0.25) is 0 Å². The fourth-order valence-electron chi connectivity index (χ4n) is 4.43. The highest BCUT2D eigenvalue weighted by Gasteiger charge is 2.18. The minimum Gasteiger partial charge on any atom is -0.457 e. The van der Waals surface area contributed by atoms with Crippen molar-refractivity contribution in [2.24, 2.45) is 0 Å². The molecule has 0 N–H and O–H groups in total. The smallest absolute Gasteiger partial charge is 0.233 e. The molecule has 0 spiro atoms. The molecule has 6 aromatic rings. The Balaban J connectivity index is 1.02. The monoisotopic (exact) mass is 594 g/mol. The van der Waals surface area contributed by atoms with E-state index < -0.39 is 11.6 Å². The van der Waals surface area contributed by atoms with Crippen LogP contribution in [0.1, 0.15) is 43.0 Å². The summed E-state index contributed by atoms with van der Waals surface area (Å²) in [5.41, 5.74) is 4.19. The van der Waals surface area contributed by atoms with Crippen molar-refractivity contribution >= 4 is 11.6 Å². The van der Waals surface area contributed by atoms with Crippen LogP contribution in [0.4, 0.5) is 0 Å². The molecule has 0 aromatic heterocycles. The summed E-state index contributed by atoms with van der Waals surface area (Å²) in [5, 5.41) is 0. The predicted molar refractivity (Wildman–Crippen MR) is 179 cm³/mol. The lowest BCUT2D eigenvalue weighted by Crippen LogP contribution is -2.14. The molecule has 4 heteroatoms. The molecule has 0 radical (unpaired) electrons. The van der Waals surface area contributed by atoms with Crippen molar-refractivity contribution < 1.29 is 19.1 Å². The van der Waals surface area contributed by atoms with Crippen LogP contribution >= 0.6 is 0 Å². The molecule has 0 aliphatic rings. The van der Waals surface area contributed by atoms with Gasteiger partial charge < -0.3 is 9.47 Å². The highest BCUT2D eigenvalue weighted by molar-refractivity contribution is 6.49. The Morgan fingerprint density at radius 2 is 0.587 bits per heavy atom. The quantitative estimate of drug-likeness (QED) is 0.105. The van der Waals surface area contributed by atoms with E-state index in [1.54, 1.807) is 48.5 Å². The molecule has 6 aromatic carbocycles. The summed E-state index contributed by atoms with van der Waals surface area (Å²) >= 11 is 0. The average molecular weight is 595 g/mol. The van der Waals surface area contributed by atoms with Crippen molar-refractivity contribution in [1.82, 2.24) is 0 Å². The lowest BCUT2D eigenvalue weighted by Gasteiger charge is -2.08. The van der Waals surface area contributed by atoms with Crippen LogP contribution < -0.4 is 9.47 Å². The van der Waals surface area contributed by atoms with E-state index in [4.69, 9.17) is 9.47 Å². The third kappa shape index (κ3) is 7.85. The van der Waals surface area contributed by atoms with Gasteiger partial charge in [0.1, 0.15) is 23.0 Å². The first kappa shape index (κ1) is 29.5. The van der Waals surface area contributed by atoms with Gasteiger partial charge in [-0.05, 0) is 121 Å². The van der Waals surface area contributed by atoms with Gasteiger partial charge in [0.25, 0.3) is 0 Å². The molecule has 46 heavy (non-hydrogen) atoms. The zero-order valence-corrected chi connectivity index (χ0v) is 24.6. The molecule has 6 rings (SSSR count). The van der Waals surface area contributed by atoms with E-state index in [1.807, 2.05) is 109 Å². The normalized spacial score (nSPS) is 10.0. The van der Waals surface area contributed by atoms with Crippen LogP contribution in [0.3, 0.4) is 0 Å². The number of hydrogen-bond acceptors (Lipinski definition) is 4. The maximum absolute atomic E-state index is 12.9. The summed E-state index contributed by atoms with van der Waals surface area (Å²) in [7, 11) is 0. The molecule has 0 aliphatic heterocycles. The highest BCUT2D eigenvalue weighted by Crippen LogP contribution is 2.24. The standard InChI is InChI=1S/C42H26O4/c43-41(35-19-27-39(28-20-35)45-37-23-15-33(16-24-37)13-11-31-7-3-1-4-8-31)42(44)36-21-29-40(30-22-36)46-38-25-17-34(18-26-38)14-12-32-9-5-2-6-10-32/h1-10,15-30H. The second kappa shape index (κ2) is 14.2. The van der Waals surface area contributed by atoms with E-state index in [2.05, 4.69) is 23.7 Å². The summed E-state index contributed by atoms with van der Waals surface area (Å²) in [6.07, 6.45) is 0. The fourth-order valence-corrected chi connectivity index (χ4v) is 4.43. The number of Topliss-reactive ketones (excluding diaryl/α,β-unsaturated/α-hetero) is 2. The number of ketones is 2. The van der Waals surface area contributed by atoms with Crippen LogP contribution in [0, 0.1) is 23.7 Å². The Hall–Kier alpha value is -6.62. The summed E-state index contributed by atoms with van der Waals surface area (Å²) in [6, 6.07) is 47.5. The first-order valence-electron chi connectivity index (χ1n) is 14.6. The molecule has 0 amide bonds. The summed E-state index contributed by atoms with van der Waals surface area (Å²) < 4.78 is 11.8. The summed E-state index contributed by atoms with van der Waals surface area (Å²) in [4.78, 5) is 25.8. The molecule has 0 aliphatic carbocycles. The first-order chi connectivity index (χ1) is 22.6. The van der Waals surface area contributed by atoms with Crippen molar-refractivity contribution in [3.8, 4) is 46.7 Å². The van der Waals surface area contributed by atoms with Gasteiger partial charge in [0, 0.05) is 33.4 Å². The van der Waals surface area contributed by atoms with Crippen molar-refractivity contribution in [3.63, 3.8) is 0 Å². The highest BCUT2D eigenvalue weighted by atomic mass is 16.5. The van der Waals surface area contributed by atoms with E-state index in [1.165, 1.54) is 0 Å². The number of carbonyl (C=O) groups is 2. The number of carbonyl (C=O) groups excluding carboxylic acids is 2. The fraction of sp³-hybridized carbons (Fsp3) is 0. The van der Waals surface area contributed by atoms with E-state index in [-0.39, 0.29) is 11.1 Å². The minimum atomic E-state index is -0.603. The maximum atomic E-state index is 12.9. The van der Waals surface area contributed by atoms with Crippen molar-refractivity contribution in [3.05, 3.63) is 191 Å². The van der Waals surface area contributed by atoms with Gasteiger partial charge in [0.05, 0.1) is 0 Å². The molecule has 0 heterocycles. The lowest BCUT2D eigenvalue weighted by molar-refractivity contribution is 0.0817. The number of hydrogen-bond donors (Lipinski definition) is 0. The van der Waals surface area contributed by atoms with Gasteiger partial charge in [-0.15, -0.1) is 0 Å². The molecule has 4 nitrogen and oxygen atoms in total. The zero-order chi connectivity index (χ0) is 31.6. The van der Waals surface area contributed by atoms with Gasteiger partial charge in [-0.2, -0.15) is 0 Å². The molecule has 0 saturated carbocycles. The van der Waals surface area contributed by atoms with Gasteiger partial charge in [0.15, 0.2) is 0 Å². The largest absolute Gasteiger partial charge is 0.457 e. The molecule has 0 saturated heterocycles. The van der Waals surface area contributed by atoms with E-state index in [0.717, 1.165) is 22.3 Å². The lowest BCUT2D eigenvalue weighted by atomic mass is 10.0. The summed E-state index contributed by atoms with van der Waals surface area (Å²) in [5.74, 6) is 13.7. The second-order valence-corrected chi connectivity index (χ2v) is 10.2. The molecular weight excluding hydrogens is 568 g/mol. The number of rotatable bonds is 7.